The van der Waals surface area contributed by atoms with Crippen molar-refractivity contribution in [2.75, 3.05) is 11.9 Å². The maximum Gasteiger partial charge on any atom is 0.105 e. The van der Waals surface area contributed by atoms with E-state index in [2.05, 4.69) is 4.90 Å². The number of rotatable bonds is 4. The van der Waals surface area contributed by atoms with Crippen molar-refractivity contribution in [2.24, 2.45) is 0 Å². The zero-order chi connectivity index (χ0) is 12.3. The van der Waals surface area contributed by atoms with Crippen LogP contribution in [0.3, 0.4) is 0 Å². The number of anilines is 1. The summed E-state index contributed by atoms with van der Waals surface area (Å²) in [6.07, 6.45) is 1.70. The van der Waals surface area contributed by atoms with Crippen LogP contribution in [0, 0.1) is 6.92 Å². The Balaban J connectivity index is 2.20. The van der Waals surface area contributed by atoms with E-state index in [1.165, 1.54) is 5.56 Å². The van der Waals surface area contributed by atoms with E-state index in [9.17, 15) is 5.11 Å². The van der Waals surface area contributed by atoms with Crippen LogP contribution in [0.4, 0.5) is 5.69 Å². The van der Waals surface area contributed by atoms with E-state index in [-0.39, 0.29) is 6.61 Å². The van der Waals surface area contributed by atoms with Gasteiger partial charge in [0.15, 0.2) is 0 Å². The Hall–Kier alpha value is -1.74. The van der Waals surface area contributed by atoms with Gasteiger partial charge in [0.2, 0.25) is 0 Å². The minimum absolute atomic E-state index is 0.0604. The molecule has 0 aliphatic carbocycles. The topological polar surface area (TPSA) is 36.6 Å². The number of para-hydroxylation sites is 1. The van der Waals surface area contributed by atoms with Gasteiger partial charge in [-0.3, -0.25) is 0 Å². The van der Waals surface area contributed by atoms with Crippen LogP contribution in [0.1, 0.15) is 16.9 Å². The zero-order valence-corrected chi connectivity index (χ0v) is 10.2. The van der Waals surface area contributed by atoms with Crippen molar-refractivity contribution in [3.63, 3.8) is 0 Å². The molecule has 3 nitrogen and oxygen atoms in total. The Labute approximate surface area is 101 Å². The van der Waals surface area contributed by atoms with E-state index in [1.807, 2.05) is 44.3 Å². The maximum absolute atomic E-state index is 9.30. The Kier molecular flexibility index (Phi) is 3.49. The first-order chi connectivity index (χ1) is 8.22. The summed E-state index contributed by atoms with van der Waals surface area (Å²) in [6, 6.07) is 9.85. The summed E-state index contributed by atoms with van der Waals surface area (Å²) < 4.78 is 5.28. The lowest BCUT2D eigenvalue weighted by Gasteiger charge is -2.21. The van der Waals surface area contributed by atoms with Gasteiger partial charge in [-0.25, -0.2) is 0 Å². The predicted molar refractivity (Wildman–Crippen MR) is 67.9 cm³/mol. The van der Waals surface area contributed by atoms with Gasteiger partial charge >= 0.3 is 0 Å². The van der Waals surface area contributed by atoms with Crippen molar-refractivity contribution in [3.05, 3.63) is 53.5 Å². The summed E-state index contributed by atoms with van der Waals surface area (Å²) in [7, 11) is 2.01. The molecular weight excluding hydrogens is 214 g/mol. The first kappa shape index (κ1) is 11.7. The Morgan fingerprint density at radius 3 is 2.59 bits per heavy atom. The molecule has 0 saturated carbocycles. The van der Waals surface area contributed by atoms with Crippen molar-refractivity contribution in [1.29, 1.82) is 0 Å². The van der Waals surface area contributed by atoms with Crippen LogP contribution < -0.4 is 4.90 Å². The lowest BCUT2D eigenvalue weighted by atomic mass is 10.1. The van der Waals surface area contributed by atoms with Crippen LogP contribution in [0.25, 0.3) is 0 Å². The molecule has 0 unspecified atom stereocenters. The number of aliphatic hydroxyl groups excluding tert-OH is 1. The summed E-state index contributed by atoms with van der Waals surface area (Å²) in [6.45, 7) is 2.80. The SMILES string of the molecule is Cc1occc1CN(C)c1ccccc1CO. The van der Waals surface area contributed by atoms with Gasteiger partial charge in [0.1, 0.15) is 5.76 Å². The fourth-order valence-electron chi connectivity index (χ4n) is 1.93. The van der Waals surface area contributed by atoms with Crippen molar-refractivity contribution >= 4 is 5.69 Å². The lowest BCUT2D eigenvalue weighted by molar-refractivity contribution is 0.282. The van der Waals surface area contributed by atoms with Crippen molar-refractivity contribution < 1.29 is 9.52 Å². The van der Waals surface area contributed by atoms with Gasteiger partial charge in [0.05, 0.1) is 12.9 Å². The normalized spacial score (nSPS) is 10.5. The third-order valence-electron chi connectivity index (χ3n) is 2.95. The summed E-state index contributed by atoms with van der Waals surface area (Å²) in [5.74, 6) is 0.943. The molecule has 1 aromatic heterocycles. The van der Waals surface area contributed by atoms with E-state index < -0.39 is 0 Å². The van der Waals surface area contributed by atoms with Crippen LogP contribution >= 0.6 is 0 Å². The Morgan fingerprint density at radius 1 is 1.18 bits per heavy atom. The third-order valence-corrected chi connectivity index (χ3v) is 2.95. The molecule has 0 spiro atoms. The molecule has 1 N–H and O–H groups in total. The number of aliphatic hydroxyl groups is 1. The van der Waals surface area contributed by atoms with Crippen LogP contribution in [-0.2, 0) is 13.2 Å². The summed E-state index contributed by atoms with van der Waals surface area (Å²) >= 11 is 0. The first-order valence-corrected chi connectivity index (χ1v) is 5.65. The van der Waals surface area contributed by atoms with Gasteiger partial charge in [0.25, 0.3) is 0 Å². The quantitative estimate of drug-likeness (QED) is 0.879. The lowest BCUT2D eigenvalue weighted by Crippen LogP contribution is -2.18. The van der Waals surface area contributed by atoms with Crippen molar-refractivity contribution in [2.45, 2.75) is 20.1 Å². The van der Waals surface area contributed by atoms with Crippen LogP contribution in [0.2, 0.25) is 0 Å². The molecule has 0 radical (unpaired) electrons. The van der Waals surface area contributed by atoms with E-state index in [0.717, 1.165) is 23.6 Å². The highest BCUT2D eigenvalue weighted by Gasteiger charge is 2.09. The van der Waals surface area contributed by atoms with Crippen molar-refractivity contribution in [1.82, 2.24) is 0 Å². The Morgan fingerprint density at radius 2 is 1.94 bits per heavy atom. The Bertz CT molecular complexity index is 490. The van der Waals surface area contributed by atoms with Gasteiger partial charge < -0.3 is 14.4 Å². The predicted octanol–water partition coefficient (Wildman–Crippen LogP) is 2.72. The maximum atomic E-state index is 9.30. The average molecular weight is 231 g/mol. The number of aryl methyl sites for hydroxylation is 1. The zero-order valence-electron chi connectivity index (χ0n) is 10.2. The number of nitrogens with zero attached hydrogens (tertiary/aromatic N) is 1. The third kappa shape index (κ3) is 2.50. The van der Waals surface area contributed by atoms with Gasteiger partial charge in [-0.05, 0) is 19.1 Å². The minimum Gasteiger partial charge on any atom is -0.469 e. The molecule has 0 fully saturated rings. The number of benzene rings is 1. The standard InChI is InChI=1S/C14H17NO2/c1-11-12(7-8-17-11)9-15(2)14-6-4-3-5-13(14)10-16/h3-8,16H,9-10H2,1-2H3. The summed E-state index contributed by atoms with van der Waals surface area (Å²) in [4.78, 5) is 2.11. The first-order valence-electron chi connectivity index (χ1n) is 5.65. The van der Waals surface area contributed by atoms with Gasteiger partial charge in [-0.1, -0.05) is 18.2 Å². The molecule has 1 heterocycles. The molecule has 1 aromatic carbocycles. The van der Waals surface area contributed by atoms with E-state index in [0.29, 0.717) is 0 Å². The molecule has 90 valence electrons. The number of furan rings is 1. The van der Waals surface area contributed by atoms with E-state index in [4.69, 9.17) is 4.42 Å². The van der Waals surface area contributed by atoms with Crippen molar-refractivity contribution in [3.8, 4) is 0 Å². The number of hydrogen-bond acceptors (Lipinski definition) is 3. The second-order valence-electron chi connectivity index (χ2n) is 4.14. The highest BCUT2D eigenvalue weighted by molar-refractivity contribution is 5.53. The van der Waals surface area contributed by atoms with Gasteiger partial charge in [-0.2, -0.15) is 0 Å². The summed E-state index contributed by atoms with van der Waals surface area (Å²) in [5.41, 5.74) is 3.16. The monoisotopic (exact) mass is 231 g/mol. The second-order valence-corrected chi connectivity index (χ2v) is 4.14. The molecule has 0 aliphatic heterocycles. The molecule has 0 bridgehead atoms. The largest absolute Gasteiger partial charge is 0.469 e. The summed E-state index contributed by atoms with van der Waals surface area (Å²) in [5, 5.41) is 9.30. The highest BCUT2D eigenvalue weighted by atomic mass is 16.3. The average Bonchev–Trinajstić information content (AvgIpc) is 2.75. The van der Waals surface area contributed by atoms with Crippen LogP contribution in [-0.4, -0.2) is 12.2 Å². The fraction of sp³-hybridized carbons (Fsp3) is 0.286. The van der Waals surface area contributed by atoms with Crippen LogP contribution in [0.5, 0.6) is 0 Å². The minimum atomic E-state index is 0.0604. The molecule has 0 atom stereocenters. The van der Waals surface area contributed by atoms with E-state index >= 15 is 0 Å². The molecule has 0 saturated heterocycles. The molecule has 3 heteroatoms. The molecule has 0 amide bonds. The highest BCUT2D eigenvalue weighted by Crippen LogP contribution is 2.22. The van der Waals surface area contributed by atoms with Gasteiger partial charge in [0, 0.05) is 30.4 Å². The smallest absolute Gasteiger partial charge is 0.105 e. The van der Waals surface area contributed by atoms with Crippen LogP contribution in [0.15, 0.2) is 41.0 Å². The molecule has 0 aliphatic rings. The van der Waals surface area contributed by atoms with Gasteiger partial charge in [-0.15, -0.1) is 0 Å². The molecule has 2 rings (SSSR count). The molecule has 2 aromatic rings. The second kappa shape index (κ2) is 5.06. The van der Waals surface area contributed by atoms with E-state index in [1.54, 1.807) is 6.26 Å². The molecule has 17 heavy (non-hydrogen) atoms. The number of hydrogen-bond donors (Lipinski definition) is 1. The molecular formula is C14H17NO2. The fourth-order valence-corrected chi connectivity index (χ4v) is 1.93.